The first-order valence-corrected chi connectivity index (χ1v) is 10.1. The van der Waals surface area contributed by atoms with Crippen LogP contribution in [0.25, 0.3) is 5.57 Å². The highest BCUT2D eigenvalue weighted by Crippen LogP contribution is 2.41. The summed E-state index contributed by atoms with van der Waals surface area (Å²) in [5, 5.41) is 0. The van der Waals surface area contributed by atoms with E-state index >= 15 is 0 Å². The van der Waals surface area contributed by atoms with Gasteiger partial charge in [0.2, 0.25) is 5.91 Å². The molecule has 1 atom stereocenters. The molecule has 4 rings (SSSR count). The van der Waals surface area contributed by atoms with Crippen LogP contribution in [0.5, 0.6) is 5.75 Å². The smallest absolute Gasteiger partial charge is 0.254 e. The van der Waals surface area contributed by atoms with Crippen molar-refractivity contribution in [3.05, 3.63) is 35.9 Å². The summed E-state index contributed by atoms with van der Waals surface area (Å²) in [6, 6.07) is 8.04. The van der Waals surface area contributed by atoms with E-state index in [1.54, 1.807) is 6.92 Å². The van der Waals surface area contributed by atoms with E-state index in [0.29, 0.717) is 25.9 Å². The zero-order valence-electron chi connectivity index (χ0n) is 17.0. The van der Waals surface area contributed by atoms with Crippen LogP contribution >= 0.6 is 0 Å². The molecule has 3 aliphatic rings. The second-order valence-corrected chi connectivity index (χ2v) is 8.35. The van der Waals surface area contributed by atoms with E-state index in [0.717, 1.165) is 36.4 Å². The molecule has 6 nitrogen and oxygen atoms in total. The first-order valence-electron chi connectivity index (χ1n) is 10.1. The van der Waals surface area contributed by atoms with Crippen molar-refractivity contribution in [2.45, 2.75) is 37.8 Å². The Bertz CT molecular complexity index is 811. The van der Waals surface area contributed by atoms with Gasteiger partial charge in [0, 0.05) is 58.1 Å². The molecule has 0 saturated carbocycles. The van der Waals surface area contributed by atoms with E-state index in [4.69, 9.17) is 4.74 Å². The Labute approximate surface area is 166 Å². The fourth-order valence-electron chi connectivity index (χ4n) is 4.57. The molecule has 2 amide bonds. The first kappa shape index (κ1) is 19.0. The van der Waals surface area contributed by atoms with Crippen LogP contribution in [-0.2, 0) is 9.59 Å². The number of carbonyl (C=O) groups is 2. The van der Waals surface area contributed by atoms with Gasteiger partial charge in [0.25, 0.3) is 5.91 Å². The van der Waals surface area contributed by atoms with E-state index in [1.165, 1.54) is 0 Å². The molecule has 1 aromatic rings. The predicted octanol–water partition coefficient (Wildman–Crippen LogP) is 2.01. The van der Waals surface area contributed by atoms with E-state index in [9.17, 15) is 9.59 Å². The van der Waals surface area contributed by atoms with Crippen molar-refractivity contribution in [2.24, 2.45) is 0 Å². The molecule has 2 fully saturated rings. The van der Waals surface area contributed by atoms with Gasteiger partial charge in [0.1, 0.15) is 11.4 Å². The van der Waals surface area contributed by atoms with E-state index in [2.05, 4.69) is 11.9 Å². The molecule has 0 bridgehead atoms. The summed E-state index contributed by atoms with van der Waals surface area (Å²) in [4.78, 5) is 31.2. The summed E-state index contributed by atoms with van der Waals surface area (Å²) in [5.41, 5.74) is 1.08. The monoisotopic (exact) mass is 383 g/mol. The lowest BCUT2D eigenvalue weighted by molar-refractivity contribution is -0.131. The number of likely N-dealkylation sites (N-methyl/N-ethyl adjacent to an activating group) is 2. The molecule has 0 radical (unpaired) electrons. The number of hydrogen-bond acceptors (Lipinski definition) is 4. The van der Waals surface area contributed by atoms with Crippen molar-refractivity contribution in [2.75, 3.05) is 40.3 Å². The predicted molar refractivity (Wildman–Crippen MR) is 108 cm³/mol. The minimum atomic E-state index is -0.515. The molecule has 6 heteroatoms. The largest absolute Gasteiger partial charge is 0.482 e. The second-order valence-electron chi connectivity index (χ2n) is 8.35. The van der Waals surface area contributed by atoms with Crippen molar-refractivity contribution in [3.8, 4) is 5.75 Å². The standard InChI is InChI=1S/C22H29N3O3/c1-16(26)25-12-9-22(10-13-25)14-19(18-6-4-5-7-20(18)28-22)21(27)24(3)17-8-11-23(2)15-17/h4-7,14,17H,8-13,15H2,1-3H3. The van der Waals surface area contributed by atoms with Crippen LogP contribution in [0, 0.1) is 0 Å². The van der Waals surface area contributed by atoms with Crippen LogP contribution in [0.1, 0.15) is 31.7 Å². The number of fused-ring (bicyclic) bond motifs is 1. The molecule has 2 saturated heterocycles. The van der Waals surface area contributed by atoms with Gasteiger partial charge in [-0.15, -0.1) is 0 Å². The number of ether oxygens (including phenoxy) is 1. The number of nitrogens with zero attached hydrogens (tertiary/aromatic N) is 3. The lowest BCUT2D eigenvalue weighted by Crippen LogP contribution is -2.50. The third-order valence-corrected chi connectivity index (χ3v) is 6.42. The Morgan fingerprint density at radius 1 is 1.18 bits per heavy atom. The number of amides is 2. The Hall–Kier alpha value is -2.34. The maximum absolute atomic E-state index is 13.5. The number of carbonyl (C=O) groups excluding carboxylic acids is 2. The molecular weight excluding hydrogens is 354 g/mol. The average Bonchev–Trinajstić information content (AvgIpc) is 3.13. The maximum atomic E-state index is 13.5. The van der Waals surface area contributed by atoms with E-state index in [1.807, 2.05) is 47.2 Å². The molecule has 1 unspecified atom stereocenters. The van der Waals surface area contributed by atoms with Gasteiger partial charge in [0.15, 0.2) is 0 Å². The van der Waals surface area contributed by atoms with Crippen LogP contribution in [0.15, 0.2) is 30.3 Å². The fraction of sp³-hybridized carbons (Fsp3) is 0.545. The third kappa shape index (κ3) is 3.41. The highest BCUT2D eigenvalue weighted by molar-refractivity contribution is 6.20. The Morgan fingerprint density at radius 3 is 2.54 bits per heavy atom. The minimum absolute atomic E-state index is 0.0597. The molecule has 0 N–H and O–H groups in total. The van der Waals surface area contributed by atoms with Gasteiger partial charge >= 0.3 is 0 Å². The highest BCUT2D eigenvalue weighted by Gasteiger charge is 2.41. The zero-order chi connectivity index (χ0) is 19.9. The van der Waals surface area contributed by atoms with Crippen LogP contribution in [0.3, 0.4) is 0 Å². The molecule has 0 aliphatic carbocycles. The number of likely N-dealkylation sites (tertiary alicyclic amines) is 2. The molecule has 3 aliphatic heterocycles. The summed E-state index contributed by atoms with van der Waals surface area (Å²) in [6.45, 7) is 4.84. The molecule has 1 aromatic carbocycles. The van der Waals surface area contributed by atoms with E-state index in [-0.39, 0.29) is 17.9 Å². The average molecular weight is 383 g/mol. The summed E-state index contributed by atoms with van der Waals surface area (Å²) in [6.07, 6.45) is 4.44. The molecule has 0 aromatic heterocycles. The van der Waals surface area contributed by atoms with Crippen LogP contribution < -0.4 is 4.74 Å². The number of benzene rings is 1. The van der Waals surface area contributed by atoms with Gasteiger partial charge in [-0.1, -0.05) is 18.2 Å². The Kier molecular flexibility index (Phi) is 4.91. The summed E-state index contributed by atoms with van der Waals surface area (Å²) in [5.74, 6) is 0.919. The highest BCUT2D eigenvalue weighted by atomic mass is 16.5. The lowest BCUT2D eigenvalue weighted by atomic mass is 9.84. The SMILES string of the molecule is CC(=O)N1CCC2(C=C(C(=O)N(C)C3CCN(C)C3)c3ccccc3O2)CC1. The summed E-state index contributed by atoms with van der Waals surface area (Å²) < 4.78 is 6.40. The van der Waals surface area contributed by atoms with Gasteiger partial charge in [0.05, 0.1) is 5.57 Å². The molecule has 3 heterocycles. The third-order valence-electron chi connectivity index (χ3n) is 6.42. The quantitative estimate of drug-likeness (QED) is 0.784. The maximum Gasteiger partial charge on any atom is 0.254 e. The lowest BCUT2D eigenvalue weighted by Gasteiger charge is -2.43. The number of hydrogen-bond donors (Lipinski definition) is 0. The number of rotatable bonds is 2. The normalized spacial score (nSPS) is 23.8. The van der Waals surface area contributed by atoms with Gasteiger partial charge in [-0.05, 0) is 32.2 Å². The molecule has 1 spiro atoms. The minimum Gasteiger partial charge on any atom is -0.482 e. The van der Waals surface area contributed by atoms with Crippen LogP contribution in [0.2, 0.25) is 0 Å². The van der Waals surface area contributed by atoms with Crippen molar-refractivity contribution >= 4 is 17.4 Å². The summed E-state index contributed by atoms with van der Waals surface area (Å²) >= 11 is 0. The molecule has 150 valence electrons. The van der Waals surface area contributed by atoms with Crippen molar-refractivity contribution < 1.29 is 14.3 Å². The topological polar surface area (TPSA) is 53.1 Å². The fourth-order valence-corrected chi connectivity index (χ4v) is 4.57. The van der Waals surface area contributed by atoms with Gasteiger partial charge < -0.3 is 19.4 Å². The second kappa shape index (κ2) is 7.24. The van der Waals surface area contributed by atoms with Crippen molar-refractivity contribution in [3.63, 3.8) is 0 Å². The molecular formula is C22H29N3O3. The molecule has 28 heavy (non-hydrogen) atoms. The van der Waals surface area contributed by atoms with Gasteiger partial charge in [-0.25, -0.2) is 0 Å². The van der Waals surface area contributed by atoms with Crippen LogP contribution in [-0.4, -0.2) is 78.4 Å². The first-order chi connectivity index (χ1) is 13.4. The summed E-state index contributed by atoms with van der Waals surface area (Å²) in [7, 11) is 4.01. The van der Waals surface area contributed by atoms with Gasteiger partial charge in [-0.3, -0.25) is 9.59 Å². The van der Waals surface area contributed by atoms with Crippen molar-refractivity contribution in [1.29, 1.82) is 0 Å². The number of piperidine rings is 1. The zero-order valence-corrected chi connectivity index (χ0v) is 17.0. The van der Waals surface area contributed by atoms with Crippen molar-refractivity contribution in [1.82, 2.24) is 14.7 Å². The van der Waals surface area contributed by atoms with Crippen LogP contribution in [0.4, 0.5) is 0 Å². The Balaban J connectivity index is 1.64. The Morgan fingerprint density at radius 2 is 1.89 bits per heavy atom. The van der Waals surface area contributed by atoms with E-state index < -0.39 is 5.60 Å². The van der Waals surface area contributed by atoms with Gasteiger partial charge in [-0.2, -0.15) is 0 Å². The number of para-hydroxylation sites is 1.